The molecule has 0 bridgehead atoms. The molecule has 6 heteroatoms. The first-order valence-corrected chi connectivity index (χ1v) is 8.66. The Morgan fingerprint density at radius 3 is 2.56 bits per heavy atom. The fraction of sp³-hybridized carbons (Fsp3) is 0.211. The third-order valence-corrected chi connectivity index (χ3v) is 4.23. The van der Waals surface area contributed by atoms with Crippen LogP contribution in [0.3, 0.4) is 0 Å². The van der Waals surface area contributed by atoms with Gasteiger partial charge in [-0.3, -0.25) is 0 Å². The van der Waals surface area contributed by atoms with Gasteiger partial charge in [-0.1, -0.05) is 42.5 Å². The third kappa shape index (κ3) is 4.87. The van der Waals surface area contributed by atoms with Gasteiger partial charge in [-0.05, 0) is 48.8 Å². The quantitative estimate of drug-likeness (QED) is 0.669. The Balaban J connectivity index is 1.48. The normalized spacial score (nSPS) is 11.7. The second kappa shape index (κ2) is 8.39. The number of aromatic nitrogens is 3. The predicted octanol–water partition coefficient (Wildman–Crippen LogP) is 3.04. The van der Waals surface area contributed by atoms with Crippen LogP contribution in [-0.2, 0) is 6.42 Å². The van der Waals surface area contributed by atoms with E-state index >= 15 is 0 Å². The SMILES string of the molecule is C[C@@H](NC(=S)NCCc1ccccc1)c1ccc(-n2cncn2)cc1. The number of hydrogen-bond donors (Lipinski definition) is 2. The molecule has 0 unspecified atom stereocenters. The predicted molar refractivity (Wildman–Crippen MR) is 104 cm³/mol. The minimum atomic E-state index is 0.126. The zero-order valence-electron chi connectivity index (χ0n) is 14.1. The maximum absolute atomic E-state index is 5.39. The summed E-state index contributed by atoms with van der Waals surface area (Å²) in [5.74, 6) is 0. The molecule has 128 valence electrons. The Kier molecular flexibility index (Phi) is 5.74. The molecular formula is C19H21N5S. The van der Waals surface area contributed by atoms with E-state index in [0.29, 0.717) is 5.11 Å². The summed E-state index contributed by atoms with van der Waals surface area (Å²) in [5, 5.41) is 11.4. The number of hydrogen-bond acceptors (Lipinski definition) is 3. The molecule has 2 N–H and O–H groups in total. The van der Waals surface area contributed by atoms with Gasteiger partial charge in [-0.15, -0.1) is 0 Å². The van der Waals surface area contributed by atoms with E-state index in [-0.39, 0.29) is 6.04 Å². The van der Waals surface area contributed by atoms with Gasteiger partial charge in [0.2, 0.25) is 0 Å². The van der Waals surface area contributed by atoms with Crippen molar-refractivity contribution >= 4 is 17.3 Å². The van der Waals surface area contributed by atoms with Gasteiger partial charge in [-0.2, -0.15) is 5.10 Å². The highest BCUT2D eigenvalue weighted by Crippen LogP contribution is 2.15. The molecule has 1 heterocycles. The highest BCUT2D eigenvalue weighted by molar-refractivity contribution is 7.80. The molecule has 5 nitrogen and oxygen atoms in total. The van der Waals surface area contributed by atoms with E-state index in [4.69, 9.17) is 12.2 Å². The average molecular weight is 351 g/mol. The summed E-state index contributed by atoms with van der Waals surface area (Å²) in [7, 11) is 0. The molecule has 3 rings (SSSR count). The van der Waals surface area contributed by atoms with Gasteiger partial charge in [0.15, 0.2) is 5.11 Å². The van der Waals surface area contributed by atoms with Crippen molar-refractivity contribution in [2.75, 3.05) is 6.54 Å². The lowest BCUT2D eigenvalue weighted by Crippen LogP contribution is -2.37. The lowest BCUT2D eigenvalue weighted by Gasteiger charge is -2.17. The van der Waals surface area contributed by atoms with E-state index in [1.54, 1.807) is 11.0 Å². The first-order valence-electron chi connectivity index (χ1n) is 8.25. The lowest BCUT2D eigenvalue weighted by molar-refractivity contribution is 0.696. The molecule has 0 aliphatic rings. The van der Waals surface area contributed by atoms with Crippen molar-refractivity contribution in [1.29, 1.82) is 0 Å². The van der Waals surface area contributed by atoms with Crippen molar-refractivity contribution in [3.63, 3.8) is 0 Å². The van der Waals surface area contributed by atoms with E-state index in [1.807, 2.05) is 18.2 Å². The van der Waals surface area contributed by atoms with Crippen LogP contribution in [0.5, 0.6) is 0 Å². The molecule has 3 aromatic rings. The number of benzene rings is 2. The van der Waals surface area contributed by atoms with Gasteiger partial charge in [-0.25, -0.2) is 9.67 Å². The molecular weight excluding hydrogens is 330 g/mol. The zero-order valence-corrected chi connectivity index (χ0v) is 14.9. The van der Waals surface area contributed by atoms with Crippen molar-refractivity contribution in [1.82, 2.24) is 25.4 Å². The highest BCUT2D eigenvalue weighted by atomic mass is 32.1. The molecule has 0 saturated carbocycles. The second-order valence-electron chi connectivity index (χ2n) is 5.79. The summed E-state index contributed by atoms with van der Waals surface area (Å²) < 4.78 is 1.73. The van der Waals surface area contributed by atoms with Crippen LogP contribution in [0.4, 0.5) is 0 Å². The summed E-state index contributed by atoms with van der Waals surface area (Å²) in [6.07, 6.45) is 4.16. The van der Waals surface area contributed by atoms with Crippen LogP contribution in [0.2, 0.25) is 0 Å². The molecule has 0 aliphatic carbocycles. The fourth-order valence-corrected chi connectivity index (χ4v) is 2.83. The van der Waals surface area contributed by atoms with Crippen molar-refractivity contribution < 1.29 is 0 Å². The van der Waals surface area contributed by atoms with Crippen LogP contribution in [-0.4, -0.2) is 26.4 Å². The molecule has 1 atom stereocenters. The Bertz CT molecular complexity index is 784. The minimum absolute atomic E-state index is 0.126. The van der Waals surface area contributed by atoms with Gasteiger partial charge in [0.05, 0.1) is 11.7 Å². The Morgan fingerprint density at radius 1 is 1.12 bits per heavy atom. The Morgan fingerprint density at radius 2 is 1.88 bits per heavy atom. The number of nitrogens with one attached hydrogen (secondary N) is 2. The summed E-state index contributed by atoms with van der Waals surface area (Å²) >= 11 is 5.39. The van der Waals surface area contributed by atoms with Gasteiger partial charge < -0.3 is 10.6 Å². The topological polar surface area (TPSA) is 54.8 Å². The summed E-state index contributed by atoms with van der Waals surface area (Å²) in [5.41, 5.74) is 3.45. The van der Waals surface area contributed by atoms with Crippen LogP contribution >= 0.6 is 12.2 Å². The molecule has 25 heavy (non-hydrogen) atoms. The molecule has 0 spiro atoms. The van der Waals surface area contributed by atoms with E-state index in [9.17, 15) is 0 Å². The molecule has 1 aromatic heterocycles. The Hall–Kier alpha value is -2.73. The minimum Gasteiger partial charge on any atom is -0.362 e. The summed E-state index contributed by atoms with van der Waals surface area (Å²) in [6, 6.07) is 18.7. The molecule has 0 aliphatic heterocycles. The first-order chi connectivity index (χ1) is 12.2. The smallest absolute Gasteiger partial charge is 0.166 e. The maximum Gasteiger partial charge on any atom is 0.166 e. The number of thiocarbonyl (C=S) groups is 1. The zero-order chi connectivity index (χ0) is 17.5. The van der Waals surface area contributed by atoms with Crippen molar-refractivity contribution in [2.45, 2.75) is 19.4 Å². The van der Waals surface area contributed by atoms with Crippen LogP contribution < -0.4 is 10.6 Å². The number of rotatable bonds is 6. The Labute approximate surface area is 153 Å². The van der Waals surface area contributed by atoms with E-state index < -0.39 is 0 Å². The third-order valence-electron chi connectivity index (χ3n) is 3.97. The summed E-state index contributed by atoms with van der Waals surface area (Å²) in [6.45, 7) is 2.91. The second-order valence-corrected chi connectivity index (χ2v) is 6.20. The van der Waals surface area contributed by atoms with Crippen LogP contribution in [0.1, 0.15) is 24.1 Å². The van der Waals surface area contributed by atoms with E-state index in [1.165, 1.54) is 11.9 Å². The van der Waals surface area contributed by atoms with Crippen molar-refractivity contribution in [3.8, 4) is 5.69 Å². The summed E-state index contributed by atoms with van der Waals surface area (Å²) in [4.78, 5) is 3.96. The fourth-order valence-electron chi connectivity index (χ4n) is 2.55. The van der Waals surface area contributed by atoms with Crippen molar-refractivity contribution in [2.24, 2.45) is 0 Å². The molecule has 2 aromatic carbocycles. The van der Waals surface area contributed by atoms with Crippen LogP contribution in [0.15, 0.2) is 67.3 Å². The van der Waals surface area contributed by atoms with Crippen LogP contribution in [0, 0.1) is 0 Å². The molecule has 0 saturated heterocycles. The molecule has 0 fully saturated rings. The van der Waals surface area contributed by atoms with Gasteiger partial charge in [0, 0.05) is 6.54 Å². The molecule has 0 amide bonds. The standard InChI is InChI=1S/C19H21N5S/c1-15(17-7-9-18(10-8-17)24-14-20-13-22-24)23-19(25)21-12-11-16-5-3-2-4-6-16/h2-10,13-15H,11-12H2,1H3,(H2,21,23,25)/t15-/m1/s1. The maximum atomic E-state index is 5.39. The largest absolute Gasteiger partial charge is 0.362 e. The van der Waals surface area contributed by atoms with Gasteiger partial charge in [0.25, 0.3) is 0 Å². The van der Waals surface area contributed by atoms with Crippen molar-refractivity contribution in [3.05, 3.63) is 78.4 Å². The van der Waals surface area contributed by atoms with Gasteiger partial charge in [0.1, 0.15) is 12.7 Å². The first kappa shape index (κ1) is 17.1. The monoisotopic (exact) mass is 351 g/mol. The van der Waals surface area contributed by atoms with E-state index in [2.05, 4.69) is 64.0 Å². The molecule has 0 radical (unpaired) electrons. The lowest BCUT2D eigenvalue weighted by atomic mass is 10.1. The van der Waals surface area contributed by atoms with Crippen LogP contribution in [0.25, 0.3) is 5.69 Å². The van der Waals surface area contributed by atoms with Gasteiger partial charge >= 0.3 is 0 Å². The average Bonchev–Trinajstić information content (AvgIpc) is 3.17. The van der Waals surface area contributed by atoms with E-state index in [0.717, 1.165) is 24.2 Å². The number of nitrogens with zero attached hydrogens (tertiary/aromatic N) is 3. The highest BCUT2D eigenvalue weighted by Gasteiger charge is 2.07.